The van der Waals surface area contributed by atoms with Crippen molar-refractivity contribution in [2.45, 2.75) is 11.3 Å². The largest absolute Gasteiger partial charge is 0.493 e. The SMILES string of the molecule is COc1cc2c(Oc3ccc(NS(=O)(=O)c4cccc(-c5ccccc5)c4)cc3F)ccnc2cc1OCCCN(C)C. The lowest BCUT2D eigenvalue weighted by Crippen LogP contribution is -2.15. The van der Waals surface area contributed by atoms with Crippen molar-refractivity contribution in [1.29, 1.82) is 0 Å². The fourth-order valence-corrected chi connectivity index (χ4v) is 5.60. The van der Waals surface area contributed by atoms with E-state index in [2.05, 4.69) is 14.6 Å². The van der Waals surface area contributed by atoms with Crippen LogP contribution in [0.15, 0.2) is 102 Å². The van der Waals surface area contributed by atoms with Crippen LogP contribution >= 0.6 is 0 Å². The van der Waals surface area contributed by atoms with Gasteiger partial charge in [0.2, 0.25) is 0 Å². The maximum atomic E-state index is 15.2. The number of benzene rings is 4. The highest BCUT2D eigenvalue weighted by atomic mass is 32.2. The van der Waals surface area contributed by atoms with Gasteiger partial charge in [-0.2, -0.15) is 0 Å². The van der Waals surface area contributed by atoms with Gasteiger partial charge in [-0.25, -0.2) is 12.8 Å². The molecule has 1 heterocycles. The molecule has 5 aromatic rings. The number of fused-ring (bicyclic) bond motifs is 1. The number of sulfonamides is 1. The van der Waals surface area contributed by atoms with E-state index in [4.69, 9.17) is 14.2 Å². The van der Waals surface area contributed by atoms with E-state index in [0.717, 1.165) is 30.2 Å². The van der Waals surface area contributed by atoms with E-state index in [0.29, 0.717) is 34.8 Å². The average Bonchev–Trinajstić information content (AvgIpc) is 3.00. The number of rotatable bonds is 12. The van der Waals surface area contributed by atoms with E-state index in [1.54, 1.807) is 43.6 Å². The number of hydrogen-bond acceptors (Lipinski definition) is 7. The van der Waals surface area contributed by atoms with E-state index in [-0.39, 0.29) is 16.3 Å². The van der Waals surface area contributed by atoms with Crippen LogP contribution in [0.3, 0.4) is 0 Å². The van der Waals surface area contributed by atoms with E-state index in [1.807, 2.05) is 50.5 Å². The van der Waals surface area contributed by atoms with Gasteiger partial charge >= 0.3 is 0 Å². The minimum Gasteiger partial charge on any atom is -0.493 e. The van der Waals surface area contributed by atoms with Gasteiger partial charge in [0.05, 0.1) is 29.8 Å². The van der Waals surface area contributed by atoms with Crippen molar-refractivity contribution >= 4 is 26.6 Å². The highest BCUT2D eigenvalue weighted by molar-refractivity contribution is 7.92. The molecule has 0 bridgehead atoms. The molecule has 0 spiro atoms. The third-order valence-electron chi connectivity index (χ3n) is 6.65. The number of nitrogens with zero attached hydrogens (tertiary/aromatic N) is 2. The normalized spacial score (nSPS) is 11.5. The zero-order valence-electron chi connectivity index (χ0n) is 24.1. The van der Waals surface area contributed by atoms with Crippen LogP contribution in [-0.2, 0) is 10.0 Å². The first kappa shape index (κ1) is 29.8. The summed E-state index contributed by atoms with van der Waals surface area (Å²) in [6.45, 7) is 1.40. The fraction of sp³-hybridized carbons (Fsp3) is 0.182. The molecule has 4 aromatic carbocycles. The summed E-state index contributed by atoms with van der Waals surface area (Å²) < 4.78 is 61.3. The van der Waals surface area contributed by atoms with Crippen molar-refractivity contribution < 1.29 is 27.0 Å². The maximum absolute atomic E-state index is 15.2. The Morgan fingerprint density at radius 3 is 2.37 bits per heavy atom. The summed E-state index contributed by atoms with van der Waals surface area (Å²) >= 11 is 0. The molecule has 43 heavy (non-hydrogen) atoms. The molecule has 0 aliphatic heterocycles. The quantitative estimate of drug-likeness (QED) is 0.154. The summed E-state index contributed by atoms with van der Waals surface area (Å²) in [5, 5.41) is 0.600. The highest BCUT2D eigenvalue weighted by Crippen LogP contribution is 2.38. The smallest absolute Gasteiger partial charge is 0.261 e. The van der Waals surface area contributed by atoms with Gasteiger partial charge in [-0.05, 0) is 68.0 Å². The summed E-state index contributed by atoms with van der Waals surface area (Å²) in [6.07, 6.45) is 2.40. The summed E-state index contributed by atoms with van der Waals surface area (Å²) in [5.41, 5.74) is 2.29. The first-order valence-electron chi connectivity index (χ1n) is 13.6. The number of ether oxygens (including phenoxy) is 3. The van der Waals surface area contributed by atoms with Crippen LogP contribution in [0.25, 0.3) is 22.0 Å². The molecule has 1 N–H and O–H groups in total. The number of halogens is 1. The zero-order valence-corrected chi connectivity index (χ0v) is 24.9. The number of methoxy groups -OCH3 is 1. The minimum atomic E-state index is -3.98. The molecule has 8 nitrogen and oxygen atoms in total. The second-order valence-corrected chi connectivity index (χ2v) is 11.8. The summed E-state index contributed by atoms with van der Waals surface area (Å²) in [5.74, 6) is 0.584. The molecule has 0 radical (unpaired) electrons. The van der Waals surface area contributed by atoms with Gasteiger partial charge in [0.15, 0.2) is 23.1 Å². The Labute approximate surface area is 250 Å². The Morgan fingerprint density at radius 2 is 1.63 bits per heavy atom. The molecule has 10 heteroatoms. The molecule has 0 saturated carbocycles. The Balaban J connectivity index is 1.34. The molecule has 0 fully saturated rings. The van der Waals surface area contributed by atoms with Crippen molar-refractivity contribution in [2.24, 2.45) is 0 Å². The Bertz CT molecular complexity index is 1830. The molecule has 0 aliphatic carbocycles. The second-order valence-electron chi connectivity index (χ2n) is 10.1. The molecule has 5 rings (SSSR count). The van der Waals surface area contributed by atoms with E-state index >= 15 is 4.39 Å². The molecule has 1 aromatic heterocycles. The number of nitrogens with one attached hydrogen (secondary N) is 1. The number of hydrogen-bond donors (Lipinski definition) is 1. The monoisotopic (exact) mass is 601 g/mol. The molecule has 0 atom stereocenters. The van der Waals surface area contributed by atoms with Crippen molar-refractivity contribution in [3.8, 4) is 34.1 Å². The van der Waals surface area contributed by atoms with Gasteiger partial charge in [0.25, 0.3) is 10.0 Å². The minimum absolute atomic E-state index is 0.0623. The summed E-state index contributed by atoms with van der Waals surface area (Å²) in [7, 11) is 1.57. The third-order valence-corrected chi connectivity index (χ3v) is 8.03. The maximum Gasteiger partial charge on any atom is 0.261 e. The Kier molecular flexibility index (Phi) is 9.08. The molecule has 222 valence electrons. The summed E-state index contributed by atoms with van der Waals surface area (Å²) in [4.78, 5) is 6.56. The zero-order chi connectivity index (χ0) is 30.4. The predicted molar refractivity (Wildman–Crippen MR) is 166 cm³/mol. The molecule has 0 saturated heterocycles. The van der Waals surface area contributed by atoms with E-state index in [9.17, 15) is 8.42 Å². The van der Waals surface area contributed by atoms with Crippen LogP contribution in [0.1, 0.15) is 6.42 Å². The van der Waals surface area contributed by atoms with Gasteiger partial charge in [0, 0.05) is 30.3 Å². The molecular weight excluding hydrogens is 569 g/mol. The molecular formula is C33H32FN3O5S. The average molecular weight is 602 g/mol. The molecule has 0 unspecified atom stereocenters. The van der Waals surface area contributed by atoms with Gasteiger partial charge in [-0.3, -0.25) is 9.71 Å². The van der Waals surface area contributed by atoms with Crippen molar-refractivity contribution in [3.05, 3.63) is 103 Å². The van der Waals surface area contributed by atoms with Crippen LogP contribution in [0.5, 0.6) is 23.0 Å². The van der Waals surface area contributed by atoms with Crippen LogP contribution in [0.2, 0.25) is 0 Å². The first-order valence-corrected chi connectivity index (χ1v) is 15.1. The van der Waals surface area contributed by atoms with Gasteiger partial charge in [-0.1, -0.05) is 42.5 Å². The van der Waals surface area contributed by atoms with Gasteiger partial charge < -0.3 is 19.1 Å². The van der Waals surface area contributed by atoms with Gasteiger partial charge in [0.1, 0.15) is 5.75 Å². The lowest BCUT2D eigenvalue weighted by Gasteiger charge is -2.15. The number of aromatic nitrogens is 1. The Hall–Kier alpha value is -4.67. The van der Waals surface area contributed by atoms with E-state index < -0.39 is 15.8 Å². The van der Waals surface area contributed by atoms with Crippen LogP contribution in [-0.4, -0.2) is 52.7 Å². The standard InChI is InChI=1S/C33H32FN3O5S/c1-37(2)17-8-18-41-33-22-29-27(21-32(33)40-3)30(15-16-35-29)42-31-14-13-25(20-28(31)34)36-43(38,39)26-12-7-11-24(19-26)23-9-5-4-6-10-23/h4-7,9-16,19-22,36H,8,17-18H2,1-3H3. The number of anilines is 1. The van der Waals surface area contributed by atoms with Gasteiger partial charge in [-0.15, -0.1) is 0 Å². The first-order chi connectivity index (χ1) is 20.7. The van der Waals surface area contributed by atoms with Crippen LogP contribution in [0, 0.1) is 5.82 Å². The topological polar surface area (TPSA) is 90.0 Å². The summed E-state index contributed by atoms with van der Waals surface area (Å²) in [6, 6.07) is 25.0. The third kappa shape index (κ3) is 7.22. The Morgan fingerprint density at radius 1 is 0.837 bits per heavy atom. The second kappa shape index (κ2) is 13.1. The number of pyridine rings is 1. The predicted octanol–water partition coefficient (Wildman–Crippen LogP) is 6.97. The van der Waals surface area contributed by atoms with Crippen molar-refractivity contribution in [2.75, 3.05) is 39.1 Å². The van der Waals surface area contributed by atoms with E-state index in [1.165, 1.54) is 18.2 Å². The van der Waals surface area contributed by atoms with Crippen LogP contribution in [0.4, 0.5) is 10.1 Å². The lowest BCUT2D eigenvalue weighted by atomic mass is 10.1. The van der Waals surface area contributed by atoms with Crippen LogP contribution < -0.4 is 18.9 Å². The molecule has 0 amide bonds. The fourth-order valence-electron chi connectivity index (χ4n) is 4.51. The molecule has 0 aliphatic rings. The highest BCUT2D eigenvalue weighted by Gasteiger charge is 2.18. The van der Waals surface area contributed by atoms with Crippen molar-refractivity contribution in [3.63, 3.8) is 0 Å². The lowest BCUT2D eigenvalue weighted by molar-refractivity contribution is 0.268. The van der Waals surface area contributed by atoms with Crippen molar-refractivity contribution in [1.82, 2.24) is 9.88 Å².